The SMILES string of the molecule is CCC1(C(=O)Nc2cc(C(=O)O)ccc2OC)CCNC1. The van der Waals surface area contributed by atoms with Crippen LogP contribution in [0.15, 0.2) is 18.2 Å². The number of carbonyl (C=O) groups excluding carboxylic acids is 1. The number of carboxylic acids is 1. The molecule has 6 nitrogen and oxygen atoms in total. The number of carbonyl (C=O) groups is 2. The van der Waals surface area contributed by atoms with Gasteiger partial charge in [0.1, 0.15) is 5.75 Å². The third kappa shape index (κ3) is 3.00. The van der Waals surface area contributed by atoms with Gasteiger partial charge in [-0.05, 0) is 37.6 Å². The molecule has 0 aliphatic carbocycles. The second-order valence-corrected chi connectivity index (χ2v) is 5.23. The number of amides is 1. The molecule has 1 aromatic carbocycles. The topological polar surface area (TPSA) is 87.7 Å². The Morgan fingerprint density at radius 3 is 2.76 bits per heavy atom. The van der Waals surface area contributed by atoms with Crippen LogP contribution in [-0.4, -0.2) is 37.2 Å². The van der Waals surface area contributed by atoms with E-state index in [1.807, 2.05) is 6.92 Å². The van der Waals surface area contributed by atoms with Gasteiger partial charge in [-0.25, -0.2) is 4.79 Å². The van der Waals surface area contributed by atoms with E-state index in [4.69, 9.17) is 9.84 Å². The van der Waals surface area contributed by atoms with E-state index in [-0.39, 0.29) is 11.5 Å². The molecule has 3 N–H and O–H groups in total. The van der Waals surface area contributed by atoms with E-state index in [1.165, 1.54) is 19.2 Å². The molecule has 0 bridgehead atoms. The Kier molecular flexibility index (Phi) is 4.47. The van der Waals surface area contributed by atoms with Gasteiger partial charge in [0, 0.05) is 6.54 Å². The first kappa shape index (κ1) is 15.3. The monoisotopic (exact) mass is 292 g/mol. The number of aromatic carboxylic acids is 1. The number of anilines is 1. The molecule has 0 radical (unpaired) electrons. The molecule has 1 saturated heterocycles. The number of ether oxygens (including phenoxy) is 1. The van der Waals surface area contributed by atoms with Crippen LogP contribution in [0.25, 0.3) is 0 Å². The van der Waals surface area contributed by atoms with E-state index in [0.29, 0.717) is 18.0 Å². The smallest absolute Gasteiger partial charge is 0.335 e. The summed E-state index contributed by atoms with van der Waals surface area (Å²) in [6.45, 7) is 3.43. The minimum absolute atomic E-state index is 0.101. The van der Waals surface area contributed by atoms with Crippen LogP contribution in [0.2, 0.25) is 0 Å². The Morgan fingerprint density at radius 1 is 1.48 bits per heavy atom. The van der Waals surface area contributed by atoms with Gasteiger partial charge in [-0.3, -0.25) is 4.79 Å². The molecule has 1 unspecified atom stereocenters. The van der Waals surface area contributed by atoms with Gasteiger partial charge in [-0.1, -0.05) is 6.92 Å². The predicted molar refractivity (Wildman–Crippen MR) is 78.8 cm³/mol. The Hall–Kier alpha value is -2.08. The first-order valence-electron chi connectivity index (χ1n) is 6.96. The molecule has 0 saturated carbocycles. The molecule has 6 heteroatoms. The Bertz CT molecular complexity index is 551. The van der Waals surface area contributed by atoms with Gasteiger partial charge in [0.05, 0.1) is 23.8 Å². The van der Waals surface area contributed by atoms with Crippen molar-refractivity contribution in [1.82, 2.24) is 5.32 Å². The second-order valence-electron chi connectivity index (χ2n) is 5.23. The Balaban J connectivity index is 2.27. The maximum absolute atomic E-state index is 12.6. The third-order valence-electron chi connectivity index (χ3n) is 4.10. The lowest BCUT2D eigenvalue weighted by atomic mass is 9.83. The van der Waals surface area contributed by atoms with Crippen molar-refractivity contribution < 1.29 is 19.4 Å². The van der Waals surface area contributed by atoms with Crippen molar-refractivity contribution in [2.45, 2.75) is 19.8 Å². The van der Waals surface area contributed by atoms with Crippen molar-refractivity contribution in [2.75, 3.05) is 25.5 Å². The minimum atomic E-state index is -1.04. The molecule has 0 aromatic heterocycles. The number of benzene rings is 1. The molecule has 1 atom stereocenters. The molecule has 114 valence electrons. The zero-order chi connectivity index (χ0) is 15.5. The Morgan fingerprint density at radius 2 is 2.24 bits per heavy atom. The van der Waals surface area contributed by atoms with Gasteiger partial charge >= 0.3 is 5.97 Å². The average Bonchev–Trinajstić information content (AvgIpc) is 2.97. The highest BCUT2D eigenvalue weighted by atomic mass is 16.5. The molecular formula is C15H20N2O4. The van der Waals surface area contributed by atoms with Crippen molar-refractivity contribution in [1.29, 1.82) is 0 Å². The van der Waals surface area contributed by atoms with Crippen molar-refractivity contribution >= 4 is 17.6 Å². The summed E-state index contributed by atoms with van der Waals surface area (Å²) in [6, 6.07) is 4.42. The van der Waals surface area contributed by atoms with E-state index in [0.717, 1.165) is 19.4 Å². The van der Waals surface area contributed by atoms with Crippen LogP contribution in [-0.2, 0) is 4.79 Å². The maximum Gasteiger partial charge on any atom is 0.335 e. The van der Waals surface area contributed by atoms with Crippen molar-refractivity contribution in [3.63, 3.8) is 0 Å². The summed E-state index contributed by atoms with van der Waals surface area (Å²) in [4.78, 5) is 23.6. The predicted octanol–water partition coefficient (Wildman–Crippen LogP) is 1.72. The van der Waals surface area contributed by atoms with Crippen LogP contribution in [0, 0.1) is 5.41 Å². The highest BCUT2D eigenvalue weighted by molar-refractivity contribution is 5.98. The minimum Gasteiger partial charge on any atom is -0.495 e. The zero-order valence-electron chi connectivity index (χ0n) is 12.2. The fourth-order valence-electron chi connectivity index (χ4n) is 2.59. The maximum atomic E-state index is 12.6. The normalized spacial score (nSPS) is 21.0. The number of rotatable bonds is 5. The highest BCUT2D eigenvalue weighted by Crippen LogP contribution is 2.33. The summed E-state index contributed by atoms with van der Waals surface area (Å²) in [6.07, 6.45) is 1.50. The zero-order valence-corrected chi connectivity index (χ0v) is 12.2. The van der Waals surface area contributed by atoms with Gasteiger partial charge in [0.25, 0.3) is 0 Å². The summed E-state index contributed by atoms with van der Waals surface area (Å²) >= 11 is 0. The van der Waals surface area contributed by atoms with Crippen LogP contribution in [0.3, 0.4) is 0 Å². The molecule has 1 amide bonds. The van der Waals surface area contributed by atoms with Gasteiger partial charge in [-0.2, -0.15) is 0 Å². The van der Waals surface area contributed by atoms with Crippen molar-refractivity contribution in [3.05, 3.63) is 23.8 Å². The highest BCUT2D eigenvalue weighted by Gasteiger charge is 2.39. The van der Waals surface area contributed by atoms with E-state index >= 15 is 0 Å². The van der Waals surface area contributed by atoms with E-state index in [9.17, 15) is 9.59 Å². The first-order valence-corrected chi connectivity index (χ1v) is 6.96. The molecular weight excluding hydrogens is 272 g/mol. The van der Waals surface area contributed by atoms with Crippen molar-refractivity contribution in [2.24, 2.45) is 5.41 Å². The first-order chi connectivity index (χ1) is 10.0. The lowest BCUT2D eigenvalue weighted by Crippen LogP contribution is -2.37. The molecule has 1 heterocycles. The number of carboxylic acid groups (broad SMARTS) is 1. The number of hydrogen-bond acceptors (Lipinski definition) is 4. The van der Waals surface area contributed by atoms with Gasteiger partial charge in [0.2, 0.25) is 5.91 Å². The van der Waals surface area contributed by atoms with E-state index < -0.39 is 11.4 Å². The van der Waals surface area contributed by atoms with E-state index in [1.54, 1.807) is 6.07 Å². The number of nitrogens with one attached hydrogen (secondary N) is 2. The average molecular weight is 292 g/mol. The largest absolute Gasteiger partial charge is 0.495 e. The van der Waals surface area contributed by atoms with E-state index in [2.05, 4.69) is 10.6 Å². The molecule has 0 spiro atoms. The van der Waals surface area contributed by atoms with Gasteiger partial charge in [0.15, 0.2) is 0 Å². The lowest BCUT2D eigenvalue weighted by molar-refractivity contribution is -0.124. The van der Waals surface area contributed by atoms with Gasteiger partial charge < -0.3 is 20.5 Å². The number of hydrogen-bond donors (Lipinski definition) is 3. The summed E-state index contributed by atoms with van der Waals surface area (Å²) < 4.78 is 5.19. The van der Waals surface area contributed by atoms with Crippen LogP contribution in [0.5, 0.6) is 5.75 Å². The Labute approximate surface area is 123 Å². The third-order valence-corrected chi connectivity index (χ3v) is 4.10. The molecule has 1 aliphatic rings. The molecule has 1 aliphatic heterocycles. The van der Waals surface area contributed by atoms with Crippen LogP contribution in [0.4, 0.5) is 5.69 Å². The second kappa shape index (κ2) is 6.13. The fraction of sp³-hybridized carbons (Fsp3) is 0.467. The molecule has 21 heavy (non-hydrogen) atoms. The summed E-state index contributed by atoms with van der Waals surface area (Å²) in [7, 11) is 1.48. The summed E-state index contributed by atoms with van der Waals surface area (Å²) in [5.74, 6) is -0.692. The summed E-state index contributed by atoms with van der Waals surface area (Å²) in [5.41, 5.74) is 0.0628. The number of methoxy groups -OCH3 is 1. The van der Waals surface area contributed by atoms with Crippen LogP contribution >= 0.6 is 0 Å². The van der Waals surface area contributed by atoms with Crippen LogP contribution in [0.1, 0.15) is 30.1 Å². The standard InChI is InChI=1S/C15H20N2O4/c1-3-15(6-7-16-9-15)14(20)17-11-8-10(13(18)19)4-5-12(11)21-2/h4-5,8,16H,3,6-7,9H2,1-2H3,(H,17,20)(H,18,19). The molecule has 2 rings (SSSR count). The van der Waals surface area contributed by atoms with Gasteiger partial charge in [-0.15, -0.1) is 0 Å². The summed E-state index contributed by atoms with van der Waals surface area (Å²) in [5, 5.41) is 15.1. The molecule has 1 aromatic rings. The quantitative estimate of drug-likeness (QED) is 0.769. The molecule has 1 fully saturated rings. The fourth-order valence-corrected chi connectivity index (χ4v) is 2.59. The van der Waals surface area contributed by atoms with Crippen LogP contribution < -0.4 is 15.4 Å². The van der Waals surface area contributed by atoms with Crippen molar-refractivity contribution in [3.8, 4) is 5.75 Å². The lowest BCUT2D eigenvalue weighted by Gasteiger charge is -2.25.